The molecule has 0 saturated heterocycles. The van der Waals surface area contributed by atoms with E-state index in [9.17, 15) is 4.79 Å². The Kier molecular flexibility index (Phi) is 4.33. The fourth-order valence-corrected chi connectivity index (χ4v) is 2.27. The highest BCUT2D eigenvalue weighted by molar-refractivity contribution is 9.10. The first kappa shape index (κ1) is 13.1. The van der Waals surface area contributed by atoms with Crippen LogP contribution in [0.4, 0.5) is 0 Å². The van der Waals surface area contributed by atoms with Gasteiger partial charge in [-0.2, -0.15) is 0 Å². The van der Waals surface area contributed by atoms with Crippen LogP contribution in [0.2, 0.25) is 0 Å². The molecule has 1 aromatic carbocycles. The van der Waals surface area contributed by atoms with Gasteiger partial charge in [0.2, 0.25) is 5.91 Å². The number of hydrogen-bond acceptors (Lipinski definition) is 2. The van der Waals surface area contributed by atoms with Crippen molar-refractivity contribution in [1.82, 2.24) is 4.57 Å². The molecule has 0 aliphatic rings. The highest BCUT2D eigenvalue weighted by Gasteiger charge is 2.07. The molecule has 0 unspecified atom stereocenters. The normalized spacial score (nSPS) is 10.6. The standard InChI is InChI=1S/C14H15BrN2O/c15-13-3-1-2-12(8-13)9-14(18)17-7-5-11(10-17)4-6-16/h1-3,5,7-8,10H,4,6,9,16H2. The van der Waals surface area contributed by atoms with Crippen molar-refractivity contribution in [2.45, 2.75) is 12.8 Å². The van der Waals surface area contributed by atoms with E-state index in [2.05, 4.69) is 15.9 Å². The van der Waals surface area contributed by atoms with Crippen molar-refractivity contribution < 1.29 is 4.79 Å². The Morgan fingerprint density at radius 1 is 1.28 bits per heavy atom. The summed E-state index contributed by atoms with van der Waals surface area (Å²) in [7, 11) is 0. The first-order valence-electron chi connectivity index (χ1n) is 5.83. The lowest BCUT2D eigenvalue weighted by atomic mass is 10.1. The van der Waals surface area contributed by atoms with Crippen molar-refractivity contribution in [3.8, 4) is 0 Å². The van der Waals surface area contributed by atoms with Crippen LogP contribution in [0.5, 0.6) is 0 Å². The van der Waals surface area contributed by atoms with E-state index in [1.807, 2.05) is 36.5 Å². The third-order valence-corrected chi connectivity index (χ3v) is 3.21. The smallest absolute Gasteiger partial charge is 0.234 e. The highest BCUT2D eigenvalue weighted by Crippen LogP contribution is 2.13. The van der Waals surface area contributed by atoms with Crippen molar-refractivity contribution in [3.63, 3.8) is 0 Å². The maximum absolute atomic E-state index is 12.1. The molecular formula is C14H15BrN2O. The zero-order valence-corrected chi connectivity index (χ0v) is 11.6. The van der Waals surface area contributed by atoms with E-state index in [-0.39, 0.29) is 5.91 Å². The van der Waals surface area contributed by atoms with Gasteiger partial charge in [0, 0.05) is 16.9 Å². The predicted molar refractivity (Wildman–Crippen MR) is 75.7 cm³/mol. The Balaban J connectivity index is 2.07. The second-order valence-corrected chi connectivity index (χ2v) is 5.08. The molecule has 3 nitrogen and oxygen atoms in total. The molecule has 1 aromatic heterocycles. The van der Waals surface area contributed by atoms with Gasteiger partial charge in [0.25, 0.3) is 0 Å². The van der Waals surface area contributed by atoms with Crippen LogP contribution in [-0.2, 0) is 12.8 Å². The molecule has 0 bridgehead atoms. The van der Waals surface area contributed by atoms with E-state index in [4.69, 9.17) is 5.73 Å². The average Bonchev–Trinajstić information content (AvgIpc) is 2.78. The third kappa shape index (κ3) is 3.31. The third-order valence-electron chi connectivity index (χ3n) is 2.72. The van der Waals surface area contributed by atoms with Crippen LogP contribution in [0, 0.1) is 0 Å². The molecule has 0 saturated carbocycles. The van der Waals surface area contributed by atoms with Crippen molar-refractivity contribution in [2.75, 3.05) is 6.54 Å². The summed E-state index contributed by atoms with van der Waals surface area (Å²) in [6.45, 7) is 0.601. The lowest BCUT2D eigenvalue weighted by Gasteiger charge is -2.02. The quantitative estimate of drug-likeness (QED) is 0.944. The van der Waals surface area contributed by atoms with Crippen LogP contribution >= 0.6 is 15.9 Å². The molecule has 0 aliphatic heterocycles. The second-order valence-electron chi connectivity index (χ2n) is 4.17. The minimum atomic E-state index is 0.0661. The Labute approximate surface area is 115 Å². The van der Waals surface area contributed by atoms with Gasteiger partial charge >= 0.3 is 0 Å². The maximum atomic E-state index is 12.1. The average molecular weight is 307 g/mol. The molecule has 0 aliphatic carbocycles. The number of nitrogens with zero attached hydrogens (tertiary/aromatic N) is 1. The second kappa shape index (κ2) is 5.98. The van der Waals surface area contributed by atoms with Crippen LogP contribution in [0.15, 0.2) is 47.2 Å². The van der Waals surface area contributed by atoms with Crippen molar-refractivity contribution in [3.05, 3.63) is 58.3 Å². The first-order chi connectivity index (χ1) is 8.69. The Bertz CT molecular complexity index is 548. The summed E-state index contributed by atoms with van der Waals surface area (Å²) in [6.07, 6.45) is 4.85. The maximum Gasteiger partial charge on any atom is 0.234 e. The topological polar surface area (TPSA) is 48.0 Å². The van der Waals surface area contributed by atoms with Crippen LogP contribution in [0.1, 0.15) is 15.9 Å². The Morgan fingerprint density at radius 3 is 2.83 bits per heavy atom. The zero-order valence-electron chi connectivity index (χ0n) is 9.97. The van der Waals surface area contributed by atoms with Crippen LogP contribution < -0.4 is 5.73 Å². The molecule has 2 rings (SSSR count). The van der Waals surface area contributed by atoms with Gasteiger partial charge in [-0.25, -0.2) is 0 Å². The van der Waals surface area contributed by atoms with E-state index in [1.165, 1.54) is 0 Å². The Morgan fingerprint density at radius 2 is 2.11 bits per heavy atom. The first-order valence-corrected chi connectivity index (χ1v) is 6.63. The summed E-state index contributed by atoms with van der Waals surface area (Å²) in [6, 6.07) is 9.73. The van der Waals surface area contributed by atoms with E-state index < -0.39 is 0 Å². The minimum absolute atomic E-state index is 0.0661. The summed E-state index contributed by atoms with van der Waals surface area (Å²) < 4.78 is 2.62. The molecule has 0 amide bonds. The molecular weight excluding hydrogens is 292 g/mol. The fourth-order valence-electron chi connectivity index (χ4n) is 1.82. The largest absolute Gasteiger partial charge is 0.330 e. The SMILES string of the molecule is NCCc1ccn(C(=O)Cc2cccc(Br)c2)c1. The summed E-state index contributed by atoms with van der Waals surface area (Å²) in [5.74, 6) is 0.0661. The number of aromatic nitrogens is 1. The molecule has 94 valence electrons. The van der Waals surface area contributed by atoms with Gasteiger partial charge in [-0.15, -0.1) is 0 Å². The summed E-state index contributed by atoms with van der Waals surface area (Å²) in [5, 5.41) is 0. The summed E-state index contributed by atoms with van der Waals surface area (Å²) in [5.41, 5.74) is 7.59. The molecule has 0 radical (unpaired) electrons. The zero-order chi connectivity index (χ0) is 13.0. The molecule has 2 N–H and O–H groups in total. The van der Waals surface area contributed by atoms with E-state index in [1.54, 1.807) is 10.8 Å². The summed E-state index contributed by atoms with van der Waals surface area (Å²) >= 11 is 3.40. The number of carbonyl (C=O) groups excluding carboxylic acids is 1. The molecule has 1 heterocycles. The number of rotatable bonds is 4. The number of carbonyl (C=O) groups is 1. The van der Waals surface area contributed by atoms with Gasteiger partial charge in [-0.1, -0.05) is 28.1 Å². The fraction of sp³-hybridized carbons (Fsp3) is 0.214. The highest BCUT2D eigenvalue weighted by atomic mass is 79.9. The number of benzene rings is 1. The van der Waals surface area contributed by atoms with Gasteiger partial charge < -0.3 is 5.73 Å². The van der Waals surface area contributed by atoms with Crippen molar-refractivity contribution >= 4 is 21.8 Å². The van der Waals surface area contributed by atoms with Crippen LogP contribution in [0.3, 0.4) is 0 Å². The minimum Gasteiger partial charge on any atom is -0.330 e. The van der Waals surface area contributed by atoms with Gasteiger partial charge in [0.1, 0.15) is 0 Å². The van der Waals surface area contributed by atoms with E-state index >= 15 is 0 Å². The number of nitrogens with two attached hydrogens (primary N) is 1. The number of halogens is 1. The van der Waals surface area contributed by atoms with Crippen molar-refractivity contribution in [1.29, 1.82) is 0 Å². The molecule has 18 heavy (non-hydrogen) atoms. The van der Waals surface area contributed by atoms with E-state index in [0.29, 0.717) is 13.0 Å². The predicted octanol–water partition coefficient (Wildman–Crippen LogP) is 2.63. The molecule has 2 aromatic rings. The molecule has 4 heteroatoms. The summed E-state index contributed by atoms with van der Waals surface area (Å²) in [4.78, 5) is 12.1. The Hall–Kier alpha value is -1.39. The molecule has 0 spiro atoms. The van der Waals surface area contributed by atoms with Gasteiger partial charge in [-0.3, -0.25) is 9.36 Å². The van der Waals surface area contributed by atoms with Gasteiger partial charge in [0.15, 0.2) is 0 Å². The molecule has 0 atom stereocenters. The van der Waals surface area contributed by atoms with Crippen LogP contribution in [-0.4, -0.2) is 17.0 Å². The van der Waals surface area contributed by atoms with Crippen LogP contribution in [0.25, 0.3) is 0 Å². The lowest BCUT2D eigenvalue weighted by molar-refractivity contribution is 0.0914. The van der Waals surface area contributed by atoms with Gasteiger partial charge in [0.05, 0.1) is 6.42 Å². The van der Waals surface area contributed by atoms with E-state index in [0.717, 1.165) is 22.0 Å². The lowest BCUT2D eigenvalue weighted by Crippen LogP contribution is -2.11. The monoisotopic (exact) mass is 306 g/mol. The van der Waals surface area contributed by atoms with Gasteiger partial charge in [-0.05, 0) is 42.3 Å². The van der Waals surface area contributed by atoms with Crippen molar-refractivity contribution in [2.24, 2.45) is 5.73 Å². The number of hydrogen-bond donors (Lipinski definition) is 1. The molecule has 0 fully saturated rings.